The van der Waals surface area contributed by atoms with Gasteiger partial charge in [0.2, 0.25) is 5.95 Å². The SMILES string of the molecule is CCc1c(OC)c(OC)cc2nc(N(C)Cc3cccc(N=C(C)N(C)C)c3)[nH]c(=O)c12. The molecule has 0 amide bonds. The lowest BCUT2D eigenvalue weighted by atomic mass is 10.0. The Labute approximate surface area is 188 Å². The van der Waals surface area contributed by atoms with Gasteiger partial charge in [-0.3, -0.25) is 9.78 Å². The summed E-state index contributed by atoms with van der Waals surface area (Å²) < 4.78 is 11.0. The molecular weight excluding hydrogens is 406 g/mol. The lowest BCUT2D eigenvalue weighted by molar-refractivity contribution is 0.353. The van der Waals surface area contributed by atoms with E-state index >= 15 is 0 Å². The van der Waals surface area contributed by atoms with E-state index in [1.54, 1.807) is 20.3 Å². The minimum Gasteiger partial charge on any atom is -0.493 e. The Morgan fingerprint density at radius 1 is 1.16 bits per heavy atom. The molecule has 1 N–H and O–H groups in total. The van der Waals surface area contributed by atoms with Crippen LogP contribution in [0.15, 0.2) is 40.1 Å². The van der Waals surface area contributed by atoms with Crippen molar-refractivity contribution < 1.29 is 9.47 Å². The number of aliphatic imine (C=N–C) groups is 1. The van der Waals surface area contributed by atoms with Crippen LogP contribution in [0.25, 0.3) is 10.9 Å². The fourth-order valence-corrected chi connectivity index (χ4v) is 3.58. The molecule has 32 heavy (non-hydrogen) atoms. The van der Waals surface area contributed by atoms with E-state index in [0.29, 0.717) is 41.3 Å². The molecule has 2 aromatic carbocycles. The lowest BCUT2D eigenvalue weighted by Crippen LogP contribution is -2.23. The number of hydrogen-bond donors (Lipinski definition) is 1. The minimum absolute atomic E-state index is 0.199. The molecule has 0 atom stereocenters. The maximum atomic E-state index is 13.0. The Balaban J connectivity index is 1.98. The van der Waals surface area contributed by atoms with Crippen molar-refractivity contribution in [2.45, 2.75) is 26.8 Å². The molecule has 0 unspecified atom stereocenters. The second-order valence-corrected chi connectivity index (χ2v) is 7.81. The fourth-order valence-electron chi connectivity index (χ4n) is 3.58. The first-order chi connectivity index (χ1) is 15.3. The van der Waals surface area contributed by atoms with Gasteiger partial charge in [-0.05, 0) is 31.0 Å². The van der Waals surface area contributed by atoms with Crippen LogP contribution in [0.4, 0.5) is 11.6 Å². The summed E-state index contributed by atoms with van der Waals surface area (Å²) >= 11 is 0. The Morgan fingerprint density at radius 2 is 1.91 bits per heavy atom. The van der Waals surface area contributed by atoms with E-state index in [1.165, 1.54) is 0 Å². The standard InChI is InChI=1S/C24H31N5O3/c1-8-18-21-19(13-20(31-6)22(18)32-7)26-24(27-23(21)30)29(5)14-16-10-9-11-17(12-16)25-15(2)28(3)4/h9-13H,8,14H2,1-7H3,(H,26,27,30). The highest BCUT2D eigenvalue weighted by Crippen LogP contribution is 2.36. The van der Waals surface area contributed by atoms with Crippen LogP contribution in [-0.2, 0) is 13.0 Å². The molecule has 1 heterocycles. The molecular formula is C24H31N5O3. The van der Waals surface area contributed by atoms with Crippen LogP contribution < -0.4 is 19.9 Å². The van der Waals surface area contributed by atoms with Gasteiger partial charge in [-0.2, -0.15) is 0 Å². The highest BCUT2D eigenvalue weighted by Gasteiger charge is 2.19. The molecule has 8 heteroatoms. The Hall–Kier alpha value is -3.55. The molecule has 0 bridgehead atoms. The number of anilines is 1. The number of aryl methyl sites for hydroxylation is 1. The van der Waals surface area contributed by atoms with Gasteiger partial charge in [0.25, 0.3) is 5.56 Å². The molecule has 1 aromatic heterocycles. The Bertz CT molecular complexity index is 1200. The molecule has 0 saturated heterocycles. The third kappa shape index (κ3) is 4.69. The van der Waals surface area contributed by atoms with Crippen molar-refractivity contribution in [3.8, 4) is 11.5 Å². The lowest BCUT2D eigenvalue weighted by Gasteiger charge is -2.20. The molecule has 0 aliphatic heterocycles. The van der Waals surface area contributed by atoms with Crippen molar-refractivity contribution in [1.82, 2.24) is 14.9 Å². The summed E-state index contributed by atoms with van der Waals surface area (Å²) in [6.07, 6.45) is 0.622. The van der Waals surface area contributed by atoms with E-state index < -0.39 is 0 Å². The molecule has 0 spiro atoms. The summed E-state index contributed by atoms with van der Waals surface area (Å²) in [5.74, 6) is 2.54. The zero-order valence-electron chi connectivity index (χ0n) is 19.8. The molecule has 0 radical (unpaired) electrons. The number of H-pyrrole nitrogens is 1. The first kappa shape index (κ1) is 23.1. The van der Waals surface area contributed by atoms with Gasteiger partial charge < -0.3 is 19.3 Å². The maximum absolute atomic E-state index is 13.0. The van der Waals surface area contributed by atoms with Gasteiger partial charge in [0, 0.05) is 39.3 Å². The molecule has 0 saturated carbocycles. The van der Waals surface area contributed by atoms with E-state index in [9.17, 15) is 4.79 Å². The number of hydrogen-bond acceptors (Lipinski definition) is 6. The number of nitrogens with one attached hydrogen (secondary N) is 1. The fraction of sp³-hybridized carbons (Fsp3) is 0.375. The van der Waals surface area contributed by atoms with Crippen LogP contribution in [0.3, 0.4) is 0 Å². The van der Waals surface area contributed by atoms with E-state index in [0.717, 1.165) is 22.6 Å². The summed E-state index contributed by atoms with van der Waals surface area (Å²) in [4.78, 5) is 29.2. The Kier molecular flexibility index (Phi) is 7.02. The minimum atomic E-state index is -0.199. The second-order valence-electron chi connectivity index (χ2n) is 7.81. The maximum Gasteiger partial charge on any atom is 0.260 e. The van der Waals surface area contributed by atoms with Crippen LogP contribution in [-0.4, -0.2) is 56.1 Å². The number of methoxy groups -OCH3 is 2. The Morgan fingerprint density at radius 3 is 2.53 bits per heavy atom. The van der Waals surface area contributed by atoms with Crippen LogP contribution in [0.5, 0.6) is 11.5 Å². The quantitative estimate of drug-likeness (QED) is 0.448. The summed E-state index contributed by atoms with van der Waals surface area (Å²) in [6.45, 7) is 4.51. The zero-order valence-corrected chi connectivity index (χ0v) is 19.8. The molecule has 0 aliphatic rings. The zero-order chi connectivity index (χ0) is 23.4. The second kappa shape index (κ2) is 9.72. The van der Waals surface area contributed by atoms with Crippen LogP contribution in [0.2, 0.25) is 0 Å². The predicted octanol–water partition coefficient (Wildman–Crippen LogP) is 3.75. The van der Waals surface area contributed by atoms with Crippen LogP contribution in [0, 0.1) is 0 Å². The smallest absolute Gasteiger partial charge is 0.260 e. The third-order valence-electron chi connectivity index (χ3n) is 5.41. The third-order valence-corrected chi connectivity index (χ3v) is 5.41. The van der Waals surface area contributed by atoms with E-state index in [4.69, 9.17) is 14.5 Å². The van der Waals surface area contributed by atoms with Gasteiger partial charge in [0.05, 0.1) is 30.8 Å². The number of amidine groups is 1. The van der Waals surface area contributed by atoms with E-state index in [1.807, 2.05) is 69.1 Å². The molecule has 8 nitrogen and oxygen atoms in total. The summed E-state index contributed by atoms with van der Waals surface area (Å²) in [5, 5.41) is 0.526. The average molecular weight is 438 g/mol. The highest BCUT2D eigenvalue weighted by molar-refractivity contribution is 5.87. The van der Waals surface area contributed by atoms with Crippen LogP contribution in [0.1, 0.15) is 25.0 Å². The number of rotatable bonds is 7. The predicted molar refractivity (Wildman–Crippen MR) is 130 cm³/mol. The molecule has 3 rings (SSSR count). The number of benzene rings is 2. The van der Waals surface area contributed by atoms with E-state index in [2.05, 4.69) is 9.98 Å². The number of ether oxygens (including phenoxy) is 2. The van der Waals surface area contributed by atoms with Crippen molar-refractivity contribution in [2.24, 2.45) is 4.99 Å². The number of aromatic amines is 1. The van der Waals surface area contributed by atoms with Gasteiger partial charge in [0.1, 0.15) is 5.84 Å². The monoisotopic (exact) mass is 437 g/mol. The molecule has 3 aromatic rings. The largest absolute Gasteiger partial charge is 0.493 e. The topological polar surface area (TPSA) is 83.1 Å². The molecule has 170 valence electrons. The average Bonchev–Trinajstić information content (AvgIpc) is 2.77. The van der Waals surface area contributed by atoms with Crippen molar-refractivity contribution in [3.63, 3.8) is 0 Å². The summed E-state index contributed by atoms with van der Waals surface area (Å²) in [7, 11) is 8.98. The highest BCUT2D eigenvalue weighted by atomic mass is 16.5. The van der Waals surface area contributed by atoms with Crippen molar-refractivity contribution >= 4 is 28.4 Å². The van der Waals surface area contributed by atoms with Gasteiger partial charge in [-0.25, -0.2) is 9.98 Å². The van der Waals surface area contributed by atoms with Crippen LogP contribution >= 0.6 is 0 Å². The number of fused-ring (bicyclic) bond motifs is 1. The van der Waals surface area contributed by atoms with Crippen molar-refractivity contribution in [1.29, 1.82) is 0 Å². The molecule has 0 aliphatic carbocycles. The number of nitrogens with zero attached hydrogens (tertiary/aromatic N) is 4. The van der Waals surface area contributed by atoms with Crippen molar-refractivity contribution in [3.05, 3.63) is 51.8 Å². The summed E-state index contributed by atoms with van der Waals surface area (Å²) in [5.41, 5.74) is 3.10. The summed E-state index contributed by atoms with van der Waals surface area (Å²) in [6, 6.07) is 9.76. The normalized spacial score (nSPS) is 11.5. The van der Waals surface area contributed by atoms with Gasteiger partial charge in [-0.15, -0.1) is 0 Å². The van der Waals surface area contributed by atoms with Crippen molar-refractivity contribution in [2.75, 3.05) is 40.3 Å². The van der Waals surface area contributed by atoms with Gasteiger partial charge in [-0.1, -0.05) is 19.1 Å². The first-order valence-electron chi connectivity index (χ1n) is 10.5. The van der Waals surface area contributed by atoms with Gasteiger partial charge in [0.15, 0.2) is 11.5 Å². The molecule has 0 fully saturated rings. The number of aromatic nitrogens is 2. The van der Waals surface area contributed by atoms with E-state index in [-0.39, 0.29) is 5.56 Å². The van der Waals surface area contributed by atoms with Gasteiger partial charge >= 0.3 is 0 Å². The first-order valence-corrected chi connectivity index (χ1v) is 10.5.